The minimum absolute atomic E-state index is 0.0895. The lowest BCUT2D eigenvalue weighted by Crippen LogP contribution is -2.38. The highest BCUT2D eigenvalue weighted by Crippen LogP contribution is 2.34. The van der Waals surface area contributed by atoms with Gasteiger partial charge in [0.05, 0.1) is 28.4 Å². The molecule has 0 saturated heterocycles. The molecule has 33 heavy (non-hydrogen) atoms. The predicted molar refractivity (Wildman–Crippen MR) is 131 cm³/mol. The number of rotatable bonds is 7. The number of amides is 1. The second-order valence-corrected chi connectivity index (χ2v) is 9.86. The van der Waals surface area contributed by atoms with Gasteiger partial charge in [-0.25, -0.2) is 0 Å². The molecule has 5 rings (SSSR count). The van der Waals surface area contributed by atoms with Gasteiger partial charge >= 0.3 is 0 Å². The van der Waals surface area contributed by atoms with Crippen LogP contribution < -0.4 is 5.32 Å². The number of aryl methyl sites for hydroxylation is 2. The van der Waals surface area contributed by atoms with E-state index in [2.05, 4.69) is 43.7 Å². The molecule has 1 N–H and O–H groups in total. The van der Waals surface area contributed by atoms with Crippen LogP contribution in [0.2, 0.25) is 0 Å². The van der Waals surface area contributed by atoms with Crippen LogP contribution in [0.1, 0.15) is 44.6 Å². The highest BCUT2D eigenvalue weighted by molar-refractivity contribution is 8.00. The van der Waals surface area contributed by atoms with Gasteiger partial charge in [0.2, 0.25) is 5.91 Å². The number of hydrogen-bond acceptors (Lipinski definition) is 5. The molecule has 3 aromatic heterocycles. The van der Waals surface area contributed by atoms with Gasteiger partial charge in [0.1, 0.15) is 0 Å². The van der Waals surface area contributed by atoms with Crippen molar-refractivity contribution in [2.75, 3.05) is 0 Å². The number of furan rings is 1. The number of carbonyl (C=O) groups excluding carboxylic acids is 1. The summed E-state index contributed by atoms with van der Waals surface area (Å²) in [5, 5.41) is 12.9. The molecule has 1 aromatic carbocycles. The van der Waals surface area contributed by atoms with Crippen LogP contribution in [0.3, 0.4) is 0 Å². The lowest BCUT2D eigenvalue weighted by atomic mass is 10.2. The Balaban J connectivity index is 1.54. The van der Waals surface area contributed by atoms with Crippen LogP contribution >= 0.6 is 11.8 Å². The van der Waals surface area contributed by atoms with Crippen molar-refractivity contribution in [3.05, 3.63) is 48.2 Å². The normalized spacial score (nSPS) is 15.4. The van der Waals surface area contributed by atoms with Crippen LogP contribution in [0.5, 0.6) is 0 Å². The molecule has 1 saturated carbocycles. The van der Waals surface area contributed by atoms with Crippen LogP contribution in [0.4, 0.5) is 0 Å². The third-order valence-electron chi connectivity index (χ3n) is 6.50. The van der Waals surface area contributed by atoms with E-state index in [9.17, 15) is 4.79 Å². The number of carbonyl (C=O) groups is 1. The number of fused-ring (bicyclic) bond motifs is 1. The molecule has 7 nitrogen and oxygen atoms in total. The Hall–Kier alpha value is -3.00. The fourth-order valence-corrected chi connectivity index (χ4v) is 5.60. The molecule has 1 atom stereocenters. The van der Waals surface area contributed by atoms with Gasteiger partial charge in [-0.05, 0) is 37.8 Å². The summed E-state index contributed by atoms with van der Waals surface area (Å²) in [6, 6.07) is 12.4. The lowest BCUT2D eigenvalue weighted by molar-refractivity contribution is -0.121. The third kappa shape index (κ3) is 4.08. The number of nitrogens with zero attached hydrogens (tertiary/aromatic N) is 4. The first-order valence-electron chi connectivity index (χ1n) is 11.6. The van der Waals surface area contributed by atoms with E-state index in [-0.39, 0.29) is 11.2 Å². The van der Waals surface area contributed by atoms with Crippen LogP contribution in [0.25, 0.3) is 28.3 Å². The SMILES string of the molecule is CC[C@@H](Sc1nnc(-c2cc3occc3n2C)n1-c1ccccc1C)C(=O)NC1CCCC1. The number of benzene rings is 1. The molecule has 0 aliphatic heterocycles. The molecule has 4 aromatic rings. The molecular weight excluding hydrogens is 434 g/mol. The Kier molecular flexibility index (Phi) is 6.01. The van der Waals surface area contributed by atoms with E-state index in [1.54, 1.807) is 6.26 Å². The second-order valence-electron chi connectivity index (χ2n) is 8.69. The molecule has 1 fully saturated rings. The molecule has 172 valence electrons. The molecular formula is C25H29N5O2S. The molecule has 3 heterocycles. The van der Waals surface area contributed by atoms with E-state index in [4.69, 9.17) is 4.42 Å². The molecule has 0 spiro atoms. The minimum atomic E-state index is -0.227. The van der Waals surface area contributed by atoms with Crippen molar-refractivity contribution >= 4 is 28.8 Å². The van der Waals surface area contributed by atoms with Gasteiger partial charge in [-0.1, -0.05) is 49.7 Å². The maximum atomic E-state index is 13.1. The molecule has 1 amide bonds. The lowest BCUT2D eigenvalue weighted by Gasteiger charge is -2.19. The maximum absolute atomic E-state index is 13.1. The minimum Gasteiger partial charge on any atom is -0.463 e. The van der Waals surface area contributed by atoms with E-state index in [0.29, 0.717) is 11.2 Å². The average Bonchev–Trinajstić information content (AvgIpc) is 3.59. The smallest absolute Gasteiger partial charge is 0.233 e. The number of para-hydroxylation sites is 1. The molecule has 0 radical (unpaired) electrons. The number of thioether (sulfide) groups is 1. The van der Waals surface area contributed by atoms with Gasteiger partial charge in [-0.3, -0.25) is 9.36 Å². The summed E-state index contributed by atoms with van der Waals surface area (Å²) in [4.78, 5) is 13.1. The average molecular weight is 464 g/mol. The molecule has 8 heteroatoms. The van der Waals surface area contributed by atoms with Crippen LogP contribution in [-0.2, 0) is 11.8 Å². The van der Waals surface area contributed by atoms with Crippen LogP contribution in [-0.4, -0.2) is 36.5 Å². The van der Waals surface area contributed by atoms with Crippen molar-refractivity contribution in [1.82, 2.24) is 24.6 Å². The van der Waals surface area contributed by atoms with Gasteiger partial charge < -0.3 is 14.3 Å². The van der Waals surface area contributed by atoms with E-state index >= 15 is 0 Å². The van der Waals surface area contributed by atoms with Gasteiger partial charge in [-0.15, -0.1) is 10.2 Å². The number of nitrogens with one attached hydrogen (secondary N) is 1. The van der Waals surface area contributed by atoms with Gasteiger partial charge in [0.15, 0.2) is 16.6 Å². The predicted octanol–water partition coefficient (Wildman–Crippen LogP) is 5.26. The van der Waals surface area contributed by atoms with Crippen molar-refractivity contribution in [2.24, 2.45) is 7.05 Å². The van der Waals surface area contributed by atoms with E-state index in [1.165, 1.54) is 24.6 Å². The van der Waals surface area contributed by atoms with Crippen molar-refractivity contribution < 1.29 is 9.21 Å². The standard InChI is InChI=1S/C25H29N5O2S/c1-4-22(24(31)26-17-10-6-7-11-17)33-25-28-27-23(30(25)18-12-8-5-9-16(18)2)20-15-21-19(29(20)3)13-14-32-21/h5,8-9,12-15,17,22H,4,6-7,10-11H2,1-3H3,(H,26,31)/t22-/m1/s1. The van der Waals surface area contributed by atoms with E-state index in [1.807, 2.05) is 38.2 Å². The zero-order chi connectivity index (χ0) is 22.9. The van der Waals surface area contributed by atoms with Crippen molar-refractivity contribution in [3.8, 4) is 17.2 Å². The maximum Gasteiger partial charge on any atom is 0.233 e. The first-order chi connectivity index (χ1) is 16.1. The highest BCUT2D eigenvalue weighted by Gasteiger charge is 2.27. The van der Waals surface area contributed by atoms with E-state index in [0.717, 1.165) is 53.1 Å². The second kappa shape index (κ2) is 9.09. The summed E-state index contributed by atoms with van der Waals surface area (Å²) < 4.78 is 9.75. The highest BCUT2D eigenvalue weighted by atomic mass is 32.2. The third-order valence-corrected chi connectivity index (χ3v) is 7.80. The summed E-state index contributed by atoms with van der Waals surface area (Å²) in [5.74, 6) is 0.818. The fraction of sp³-hybridized carbons (Fsp3) is 0.400. The number of aromatic nitrogens is 4. The zero-order valence-corrected chi connectivity index (χ0v) is 20.1. The topological polar surface area (TPSA) is 77.9 Å². The Bertz CT molecular complexity index is 1280. The summed E-state index contributed by atoms with van der Waals surface area (Å²) in [5.41, 5.74) is 4.84. The van der Waals surface area contributed by atoms with Crippen molar-refractivity contribution in [3.63, 3.8) is 0 Å². The summed E-state index contributed by atoms with van der Waals surface area (Å²) in [6.45, 7) is 4.13. The zero-order valence-electron chi connectivity index (χ0n) is 19.2. The first kappa shape index (κ1) is 21.8. The van der Waals surface area contributed by atoms with Crippen LogP contribution in [0, 0.1) is 6.92 Å². The quantitative estimate of drug-likeness (QED) is 0.379. The van der Waals surface area contributed by atoms with Crippen LogP contribution in [0.15, 0.2) is 52.2 Å². The molecule has 1 aliphatic rings. The Labute approximate surface area is 197 Å². The monoisotopic (exact) mass is 463 g/mol. The Morgan fingerprint density at radius 2 is 2.03 bits per heavy atom. The summed E-state index contributed by atoms with van der Waals surface area (Å²) >= 11 is 1.49. The van der Waals surface area contributed by atoms with Gasteiger partial charge in [0.25, 0.3) is 0 Å². The molecule has 0 unspecified atom stereocenters. The Morgan fingerprint density at radius 1 is 1.24 bits per heavy atom. The van der Waals surface area contributed by atoms with Crippen molar-refractivity contribution in [1.29, 1.82) is 0 Å². The summed E-state index contributed by atoms with van der Waals surface area (Å²) in [7, 11) is 2.00. The first-order valence-corrected chi connectivity index (χ1v) is 12.5. The molecule has 1 aliphatic carbocycles. The van der Waals surface area contributed by atoms with Gasteiger partial charge in [0, 0.05) is 25.2 Å². The largest absolute Gasteiger partial charge is 0.463 e. The fourth-order valence-electron chi connectivity index (χ4n) is 4.62. The van der Waals surface area contributed by atoms with Crippen molar-refractivity contribution in [2.45, 2.75) is 62.4 Å². The van der Waals surface area contributed by atoms with Gasteiger partial charge in [-0.2, -0.15) is 0 Å². The Morgan fingerprint density at radius 3 is 2.76 bits per heavy atom. The van der Waals surface area contributed by atoms with E-state index < -0.39 is 0 Å². The number of hydrogen-bond donors (Lipinski definition) is 1. The molecule has 0 bridgehead atoms. The summed E-state index contributed by atoms with van der Waals surface area (Å²) in [6.07, 6.45) is 6.95.